The lowest BCUT2D eigenvalue weighted by Crippen LogP contribution is -2.28. The molecule has 0 fully saturated rings. The fourth-order valence-electron chi connectivity index (χ4n) is 2.37. The monoisotopic (exact) mass is 483 g/mol. The minimum absolute atomic E-state index is 0. The van der Waals surface area contributed by atoms with Gasteiger partial charge < -0.3 is 25.8 Å². The van der Waals surface area contributed by atoms with Crippen molar-refractivity contribution in [2.24, 2.45) is 10.7 Å². The van der Waals surface area contributed by atoms with Gasteiger partial charge in [-0.05, 0) is 24.3 Å². The predicted octanol–water partition coefficient (Wildman–Crippen LogP) is 2.02. The van der Waals surface area contributed by atoms with Gasteiger partial charge in [0, 0.05) is 37.1 Å². The Balaban J connectivity index is 0.00000261. The van der Waals surface area contributed by atoms with Gasteiger partial charge in [0.2, 0.25) is 0 Å². The van der Waals surface area contributed by atoms with Crippen molar-refractivity contribution in [3.8, 4) is 11.5 Å². The van der Waals surface area contributed by atoms with Crippen molar-refractivity contribution >= 4 is 41.5 Å². The number of aromatic nitrogens is 1. The van der Waals surface area contributed by atoms with E-state index in [1.165, 1.54) is 6.20 Å². The van der Waals surface area contributed by atoms with Gasteiger partial charge in [0.15, 0.2) is 17.5 Å². The molecular formula is C18H22IN5O3. The van der Waals surface area contributed by atoms with E-state index >= 15 is 0 Å². The molecule has 8 nitrogen and oxygen atoms in total. The lowest BCUT2D eigenvalue weighted by Gasteiger charge is -2.11. The Kier molecular flexibility index (Phi) is 8.11. The molecule has 0 aliphatic carbocycles. The Hall–Kier alpha value is -2.56. The normalized spacial score (nSPS) is 13.1. The molecule has 2 heterocycles. The van der Waals surface area contributed by atoms with Crippen LogP contribution in [0.5, 0.6) is 11.5 Å². The Morgan fingerprint density at radius 1 is 1.22 bits per heavy atom. The molecule has 3 rings (SSSR count). The van der Waals surface area contributed by atoms with E-state index in [4.69, 9.17) is 15.2 Å². The number of hydrogen-bond donors (Lipinski definition) is 3. The van der Waals surface area contributed by atoms with Gasteiger partial charge in [0.25, 0.3) is 5.91 Å². The second-order valence-corrected chi connectivity index (χ2v) is 5.60. The average molecular weight is 483 g/mol. The zero-order valence-corrected chi connectivity index (χ0v) is 17.0. The number of nitrogens with one attached hydrogen (secondary N) is 2. The molecule has 0 spiro atoms. The number of carbonyl (C=O) groups is 1. The maximum absolute atomic E-state index is 11.9. The Labute approximate surface area is 174 Å². The van der Waals surface area contributed by atoms with Crippen LogP contribution in [0.2, 0.25) is 0 Å². The van der Waals surface area contributed by atoms with Crippen LogP contribution in [0.4, 0.5) is 5.69 Å². The number of ether oxygens (including phenoxy) is 2. The van der Waals surface area contributed by atoms with Crippen LogP contribution in [0.1, 0.15) is 16.8 Å². The van der Waals surface area contributed by atoms with E-state index in [-0.39, 0.29) is 35.8 Å². The van der Waals surface area contributed by atoms with Crippen molar-refractivity contribution in [1.82, 2.24) is 10.3 Å². The molecule has 0 radical (unpaired) electrons. The third-order valence-electron chi connectivity index (χ3n) is 3.62. The number of aliphatic imine (C=N–C) groups is 1. The van der Waals surface area contributed by atoms with Gasteiger partial charge >= 0.3 is 0 Å². The molecule has 1 amide bonds. The number of amides is 1. The number of halogens is 1. The number of nitrogens with two attached hydrogens (primary N) is 1. The fraction of sp³-hybridized carbons (Fsp3) is 0.278. The molecule has 27 heavy (non-hydrogen) atoms. The van der Waals surface area contributed by atoms with Gasteiger partial charge in [-0.25, -0.2) is 0 Å². The van der Waals surface area contributed by atoms with Crippen molar-refractivity contribution in [2.75, 3.05) is 31.6 Å². The highest BCUT2D eigenvalue weighted by Crippen LogP contribution is 2.32. The van der Waals surface area contributed by atoms with Crippen molar-refractivity contribution in [3.05, 3.63) is 48.3 Å². The SMILES string of the molecule is I.NC(=NCCNC(=O)c1cccnc1)Nc1ccc2c(c1)OCCCO2. The summed E-state index contributed by atoms with van der Waals surface area (Å²) in [5.41, 5.74) is 7.15. The van der Waals surface area contributed by atoms with Crippen LogP contribution in [0.25, 0.3) is 0 Å². The third kappa shape index (κ3) is 6.27. The van der Waals surface area contributed by atoms with Crippen LogP contribution in [0.3, 0.4) is 0 Å². The first kappa shape index (κ1) is 20.7. The van der Waals surface area contributed by atoms with Crippen molar-refractivity contribution in [1.29, 1.82) is 0 Å². The van der Waals surface area contributed by atoms with E-state index < -0.39 is 0 Å². The predicted molar refractivity (Wildman–Crippen MR) is 114 cm³/mol. The van der Waals surface area contributed by atoms with Gasteiger partial charge in [0.05, 0.1) is 25.3 Å². The Bertz CT molecular complexity index is 786. The second-order valence-electron chi connectivity index (χ2n) is 5.60. The van der Waals surface area contributed by atoms with E-state index in [1.807, 2.05) is 18.2 Å². The number of nitrogens with zero attached hydrogens (tertiary/aromatic N) is 2. The van der Waals surface area contributed by atoms with Gasteiger partial charge in [-0.1, -0.05) is 0 Å². The smallest absolute Gasteiger partial charge is 0.252 e. The summed E-state index contributed by atoms with van der Waals surface area (Å²) in [6, 6.07) is 8.92. The zero-order chi connectivity index (χ0) is 18.2. The second kappa shape index (κ2) is 10.6. The standard InChI is InChI=1S/C18H21N5O3.HI/c19-18(22-8-7-21-17(24)13-3-1-6-20-12-13)23-14-4-5-15-16(11-14)26-10-2-9-25-15;/h1,3-6,11-12H,2,7-10H2,(H,21,24)(H3,19,22,23);1H. The minimum atomic E-state index is -0.192. The summed E-state index contributed by atoms with van der Waals surface area (Å²) in [5.74, 6) is 1.48. The maximum atomic E-state index is 11.9. The molecule has 1 aromatic carbocycles. The van der Waals surface area contributed by atoms with E-state index in [0.717, 1.165) is 17.9 Å². The quantitative estimate of drug-likeness (QED) is 0.260. The Morgan fingerprint density at radius 2 is 2.04 bits per heavy atom. The van der Waals surface area contributed by atoms with Crippen LogP contribution in [0, 0.1) is 0 Å². The summed E-state index contributed by atoms with van der Waals surface area (Å²) in [7, 11) is 0. The number of pyridine rings is 1. The van der Waals surface area contributed by atoms with Crippen LogP contribution in [-0.4, -0.2) is 43.2 Å². The molecule has 4 N–H and O–H groups in total. The van der Waals surface area contributed by atoms with E-state index in [9.17, 15) is 4.79 Å². The number of benzene rings is 1. The zero-order valence-electron chi connectivity index (χ0n) is 14.7. The van der Waals surface area contributed by atoms with Gasteiger partial charge in [-0.2, -0.15) is 0 Å². The summed E-state index contributed by atoms with van der Waals surface area (Å²) in [6.45, 7) is 2.00. The lowest BCUT2D eigenvalue weighted by atomic mass is 10.3. The lowest BCUT2D eigenvalue weighted by molar-refractivity contribution is 0.0954. The number of hydrogen-bond acceptors (Lipinski definition) is 5. The Morgan fingerprint density at radius 3 is 2.81 bits per heavy atom. The number of carbonyl (C=O) groups excluding carboxylic acids is 1. The van der Waals surface area contributed by atoms with Crippen LogP contribution >= 0.6 is 24.0 Å². The molecular weight excluding hydrogens is 461 g/mol. The van der Waals surface area contributed by atoms with Crippen LogP contribution < -0.4 is 25.8 Å². The van der Waals surface area contributed by atoms with E-state index in [2.05, 4.69) is 20.6 Å². The topological polar surface area (TPSA) is 111 Å². The highest BCUT2D eigenvalue weighted by atomic mass is 127. The first-order valence-electron chi connectivity index (χ1n) is 8.37. The summed E-state index contributed by atoms with van der Waals surface area (Å²) >= 11 is 0. The van der Waals surface area contributed by atoms with Crippen LogP contribution in [0.15, 0.2) is 47.7 Å². The maximum Gasteiger partial charge on any atom is 0.252 e. The summed E-state index contributed by atoms with van der Waals surface area (Å²) < 4.78 is 11.2. The third-order valence-corrected chi connectivity index (χ3v) is 3.62. The number of rotatable bonds is 5. The van der Waals surface area contributed by atoms with E-state index in [0.29, 0.717) is 37.6 Å². The van der Waals surface area contributed by atoms with Gasteiger partial charge in [-0.3, -0.25) is 14.8 Å². The molecule has 0 saturated carbocycles. The molecule has 1 aliphatic heterocycles. The molecule has 0 saturated heterocycles. The molecule has 0 unspecified atom stereocenters. The highest BCUT2D eigenvalue weighted by molar-refractivity contribution is 14.0. The minimum Gasteiger partial charge on any atom is -0.490 e. The van der Waals surface area contributed by atoms with Crippen molar-refractivity contribution in [3.63, 3.8) is 0 Å². The van der Waals surface area contributed by atoms with Crippen molar-refractivity contribution < 1.29 is 14.3 Å². The number of anilines is 1. The molecule has 2 aromatic rings. The average Bonchev–Trinajstić information content (AvgIpc) is 2.91. The fourth-order valence-corrected chi connectivity index (χ4v) is 2.37. The molecule has 1 aromatic heterocycles. The van der Waals surface area contributed by atoms with E-state index in [1.54, 1.807) is 18.3 Å². The molecule has 1 aliphatic rings. The van der Waals surface area contributed by atoms with Crippen LogP contribution in [-0.2, 0) is 0 Å². The molecule has 0 bridgehead atoms. The van der Waals surface area contributed by atoms with Gasteiger partial charge in [-0.15, -0.1) is 24.0 Å². The highest BCUT2D eigenvalue weighted by Gasteiger charge is 2.10. The largest absolute Gasteiger partial charge is 0.490 e. The summed E-state index contributed by atoms with van der Waals surface area (Å²) in [5, 5.41) is 5.76. The number of fused-ring (bicyclic) bond motifs is 1. The van der Waals surface area contributed by atoms with Crippen molar-refractivity contribution in [2.45, 2.75) is 6.42 Å². The molecule has 0 atom stereocenters. The number of guanidine groups is 1. The molecule has 144 valence electrons. The first-order chi connectivity index (χ1) is 12.7. The summed E-state index contributed by atoms with van der Waals surface area (Å²) in [4.78, 5) is 20.0. The molecule has 9 heteroatoms. The summed E-state index contributed by atoms with van der Waals surface area (Å²) in [6.07, 6.45) is 3.98. The van der Waals surface area contributed by atoms with Gasteiger partial charge in [0.1, 0.15) is 0 Å². The first-order valence-corrected chi connectivity index (χ1v) is 8.37.